The lowest BCUT2D eigenvalue weighted by atomic mass is 9.82. The molecular formula is C15H24N2O3. The molecule has 3 rings (SSSR count). The fraction of sp³-hybridized carbons (Fsp3) is 0.867. The molecule has 1 atom stereocenters. The number of aliphatic hydroxyl groups excluding tert-OH is 1. The minimum atomic E-state index is -0.175. The highest BCUT2D eigenvalue weighted by molar-refractivity contribution is 5.89. The predicted molar refractivity (Wildman–Crippen MR) is 73.8 cm³/mol. The van der Waals surface area contributed by atoms with E-state index in [9.17, 15) is 14.7 Å². The second-order valence-corrected chi connectivity index (χ2v) is 6.85. The Hall–Kier alpha value is -1.10. The summed E-state index contributed by atoms with van der Waals surface area (Å²) in [5, 5.41) is 9.29. The summed E-state index contributed by atoms with van der Waals surface area (Å²) in [6.07, 6.45) is 4.26. The van der Waals surface area contributed by atoms with Crippen molar-refractivity contribution in [3.05, 3.63) is 0 Å². The molecule has 2 amide bonds. The zero-order valence-electron chi connectivity index (χ0n) is 12.1. The maximum absolute atomic E-state index is 12.4. The zero-order valence-corrected chi connectivity index (χ0v) is 12.1. The van der Waals surface area contributed by atoms with E-state index >= 15 is 0 Å². The van der Waals surface area contributed by atoms with Crippen LogP contribution in [0.15, 0.2) is 0 Å². The minimum absolute atomic E-state index is 0.0954. The standard InChI is InChI=1S/C15H24N2O3/c1-16(7-11-4-13(18)5-11)15(20)12-6-14(19)17(9-12)8-10-2-3-10/h10-13,18H,2-9H2,1H3. The van der Waals surface area contributed by atoms with Gasteiger partial charge in [0.2, 0.25) is 11.8 Å². The van der Waals surface area contributed by atoms with Crippen LogP contribution >= 0.6 is 0 Å². The SMILES string of the molecule is CN(CC1CC(O)C1)C(=O)C1CC(=O)N(CC2CC2)C1. The fourth-order valence-corrected chi connectivity index (χ4v) is 3.36. The van der Waals surface area contributed by atoms with E-state index < -0.39 is 0 Å². The van der Waals surface area contributed by atoms with Crippen LogP contribution in [0.5, 0.6) is 0 Å². The van der Waals surface area contributed by atoms with Gasteiger partial charge in [-0.2, -0.15) is 0 Å². The number of carbonyl (C=O) groups is 2. The molecular weight excluding hydrogens is 256 g/mol. The molecule has 5 nitrogen and oxygen atoms in total. The topological polar surface area (TPSA) is 60.9 Å². The van der Waals surface area contributed by atoms with Crippen LogP contribution < -0.4 is 0 Å². The first-order chi connectivity index (χ1) is 9.52. The summed E-state index contributed by atoms with van der Waals surface area (Å²) in [6, 6.07) is 0. The van der Waals surface area contributed by atoms with Gasteiger partial charge in [0.15, 0.2) is 0 Å². The van der Waals surface area contributed by atoms with E-state index in [1.807, 2.05) is 11.9 Å². The Morgan fingerprint density at radius 2 is 2.05 bits per heavy atom. The molecule has 0 spiro atoms. The van der Waals surface area contributed by atoms with E-state index in [1.165, 1.54) is 12.8 Å². The molecule has 1 unspecified atom stereocenters. The van der Waals surface area contributed by atoms with Crippen molar-refractivity contribution in [2.45, 2.75) is 38.2 Å². The number of nitrogens with zero attached hydrogens (tertiary/aromatic N) is 2. The van der Waals surface area contributed by atoms with Gasteiger partial charge in [0.05, 0.1) is 12.0 Å². The van der Waals surface area contributed by atoms with Crippen LogP contribution in [0.4, 0.5) is 0 Å². The quantitative estimate of drug-likeness (QED) is 0.796. The second kappa shape index (κ2) is 5.35. The van der Waals surface area contributed by atoms with Crippen LogP contribution in [0.2, 0.25) is 0 Å². The molecule has 5 heteroatoms. The van der Waals surface area contributed by atoms with Crippen molar-refractivity contribution >= 4 is 11.8 Å². The number of rotatable bonds is 5. The summed E-state index contributed by atoms with van der Waals surface area (Å²) in [4.78, 5) is 27.9. The lowest BCUT2D eigenvalue weighted by molar-refractivity contribution is -0.136. The molecule has 0 aromatic carbocycles. The van der Waals surface area contributed by atoms with Crippen molar-refractivity contribution in [2.75, 3.05) is 26.7 Å². The average Bonchev–Trinajstić information content (AvgIpc) is 3.10. The molecule has 0 aromatic rings. The first-order valence-corrected chi connectivity index (χ1v) is 7.73. The molecule has 3 fully saturated rings. The van der Waals surface area contributed by atoms with Crippen molar-refractivity contribution in [1.82, 2.24) is 9.80 Å². The Morgan fingerprint density at radius 3 is 2.65 bits per heavy atom. The Morgan fingerprint density at radius 1 is 1.35 bits per heavy atom. The predicted octanol–water partition coefficient (Wildman–Crippen LogP) is 0.474. The highest BCUT2D eigenvalue weighted by Gasteiger charge is 2.39. The highest BCUT2D eigenvalue weighted by atomic mass is 16.3. The molecule has 1 heterocycles. The number of amides is 2. The van der Waals surface area contributed by atoms with Crippen LogP contribution in [0.1, 0.15) is 32.1 Å². The van der Waals surface area contributed by atoms with Crippen LogP contribution in [0.3, 0.4) is 0 Å². The van der Waals surface area contributed by atoms with E-state index in [4.69, 9.17) is 0 Å². The smallest absolute Gasteiger partial charge is 0.227 e. The van der Waals surface area contributed by atoms with Gasteiger partial charge in [0.25, 0.3) is 0 Å². The summed E-state index contributed by atoms with van der Waals surface area (Å²) < 4.78 is 0. The van der Waals surface area contributed by atoms with Crippen molar-refractivity contribution < 1.29 is 14.7 Å². The summed E-state index contributed by atoms with van der Waals surface area (Å²) in [5.74, 6) is 1.19. The third-order valence-corrected chi connectivity index (χ3v) is 4.86. The number of carbonyl (C=O) groups excluding carboxylic acids is 2. The zero-order chi connectivity index (χ0) is 14.3. The van der Waals surface area contributed by atoms with Crippen molar-refractivity contribution in [3.63, 3.8) is 0 Å². The molecule has 112 valence electrons. The van der Waals surface area contributed by atoms with Gasteiger partial charge in [-0.25, -0.2) is 0 Å². The van der Waals surface area contributed by atoms with Gasteiger partial charge in [-0.15, -0.1) is 0 Å². The fourth-order valence-electron chi connectivity index (χ4n) is 3.36. The maximum atomic E-state index is 12.4. The molecule has 0 aromatic heterocycles. The van der Waals surface area contributed by atoms with Crippen LogP contribution in [0, 0.1) is 17.8 Å². The molecule has 2 saturated carbocycles. The largest absolute Gasteiger partial charge is 0.393 e. The molecule has 0 radical (unpaired) electrons. The van der Waals surface area contributed by atoms with Gasteiger partial charge in [-0.1, -0.05) is 0 Å². The molecule has 3 aliphatic rings. The lowest BCUT2D eigenvalue weighted by Crippen LogP contribution is -2.42. The van der Waals surface area contributed by atoms with Crippen LogP contribution in [0.25, 0.3) is 0 Å². The number of likely N-dealkylation sites (tertiary alicyclic amines) is 1. The Kier molecular flexibility index (Phi) is 3.71. The van der Waals surface area contributed by atoms with Gasteiger partial charge in [-0.3, -0.25) is 9.59 Å². The van der Waals surface area contributed by atoms with E-state index in [2.05, 4.69) is 0 Å². The maximum Gasteiger partial charge on any atom is 0.227 e. The van der Waals surface area contributed by atoms with Gasteiger partial charge in [0, 0.05) is 33.1 Å². The number of hydrogen-bond donors (Lipinski definition) is 1. The Bertz CT molecular complexity index is 402. The molecule has 1 saturated heterocycles. The Labute approximate surface area is 119 Å². The molecule has 1 N–H and O–H groups in total. The van der Waals surface area contributed by atoms with Crippen molar-refractivity contribution in [2.24, 2.45) is 17.8 Å². The van der Waals surface area contributed by atoms with Gasteiger partial charge < -0.3 is 14.9 Å². The van der Waals surface area contributed by atoms with Gasteiger partial charge in [0.1, 0.15) is 0 Å². The van der Waals surface area contributed by atoms with Crippen LogP contribution in [-0.4, -0.2) is 59.5 Å². The second-order valence-electron chi connectivity index (χ2n) is 6.85. The molecule has 1 aliphatic heterocycles. The summed E-state index contributed by atoms with van der Waals surface area (Å²) >= 11 is 0. The number of aliphatic hydroxyl groups is 1. The van der Waals surface area contributed by atoms with Crippen molar-refractivity contribution in [1.29, 1.82) is 0 Å². The van der Waals surface area contributed by atoms with E-state index in [0.29, 0.717) is 31.3 Å². The third-order valence-electron chi connectivity index (χ3n) is 4.86. The van der Waals surface area contributed by atoms with Crippen LogP contribution in [-0.2, 0) is 9.59 Å². The number of hydrogen-bond acceptors (Lipinski definition) is 3. The lowest BCUT2D eigenvalue weighted by Gasteiger charge is -2.35. The normalized spacial score (nSPS) is 33.2. The molecule has 20 heavy (non-hydrogen) atoms. The van der Waals surface area contributed by atoms with E-state index in [-0.39, 0.29) is 23.8 Å². The van der Waals surface area contributed by atoms with E-state index in [0.717, 1.165) is 19.4 Å². The van der Waals surface area contributed by atoms with E-state index in [1.54, 1.807) is 4.90 Å². The molecule has 2 aliphatic carbocycles. The third kappa shape index (κ3) is 2.97. The summed E-state index contributed by atoms with van der Waals surface area (Å²) in [5.41, 5.74) is 0. The van der Waals surface area contributed by atoms with Gasteiger partial charge in [-0.05, 0) is 37.5 Å². The summed E-state index contributed by atoms with van der Waals surface area (Å²) in [7, 11) is 1.82. The average molecular weight is 280 g/mol. The van der Waals surface area contributed by atoms with Gasteiger partial charge >= 0.3 is 0 Å². The monoisotopic (exact) mass is 280 g/mol. The first kappa shape index (κ1) is 13.9. The Balaban J connectivity index is 1.48. The first-order valence-electron chi connectivity index (χ1n) is 7.73. The molecule has 0 bridgehead atoms. The minimum Gasteiger partial charge on any atom is -0.393 e. The highest BCUT2D eigenvalue weighted by Crippen LogP contribution is 2.32. The summed E-state index contributed by atoms with van der Waals surface area (Å²) in [6.45, 7) is 2.16. The van der Waals surface area contributed by atoms with Crippen molar-refractivity contribution in [3.8, 4) is 0 Å².